The number of benzene rings is 3. The van der Waals surface area contributed by atoms with Gasteiger partial charge in [-0.25, -0.2) is 4.57 Å². The first kappa shape index (κ1) is 31.1. The van der Waals surface area contributed by atoms with Crippen molar-refractivity contribution in [2.75, 3.05) is 11.4 Å². The summed E-state index contributed by atoms with van der Waals surface area (Å²) in [5, 5.41) is 0. The molecule has 1 aliphatic rings. The monoisotopic (exact) mass is 613 g/mol. The molecule has 0 unspecified atom stereocenters. The molecule has 6 rings (SSSR count). The van der Waals surface area contributed by atoms with Gasteiger partial charge in [0.1, 0.15) is 6.54 Å². The fourth-order valence-corrected chi connectivity index (χ4v) is 7.92. The first-order chi connectivity index (χ1) is 22.0. The van der Waals surface area contributed by atoms with Gasteiger partial charge in [-0.15, -0.1) is 0 Å². The van der Waals surface area contributed by atoms with Crippen LogP contribution in [0.1, 0.15) is 66.9 Å². The predicted octanol–water partition coefficient (Wildman–Crippen LogP) is 9.85. The summed E-state index contributed by atoms with van der Waals surface area (Å²) >= 11 is 1.90. The van der Waals surface area contributed by atoms with Crippen LogP contribution in [0.2, 0.25) is 0 Å². The molecule has 3 nitrogen and oxygen atoms in total. The van der Waals surface area contributed by atoms with Crippen molar-refractivity contribution in [2.45, 2.75) is 89.1 Å². The molecule has 2 aromatic heterocycles. The molecular weight excluding hydrogens is 567 g/mol. The fourth-order valence-electron chi connectivity index (χ4n) is 6.82. The summed E-state index contributed by atoms with van der Waals surface area (Å²) in [5.41, 5.74) is 12.0. The van der Waals surface area contributed by atoms with Crippen LogP contribution in [0.4, 0.5) is 11.4 Å². The zero-order valence-electron chi connectivity index (χ0n) is 27.4. The summed E-state index contributed by atoms with van der Waals surface area (Å²) < 4.78 is 4.91. The van der Waals surface area contributed by atoms with E-state index in [1.807, 2.05) is 11.8 Å². The van der Waals surface area contributed by atoms with Gasteiger partial charge in [0.2, 0.25) is 0 Å². The Kier molecular flexibility index (Phi) is 10.0. The third kappa shape index (κ3) is 7.34. The Morgan fingerprint density at radius 3 is 1.56 bits per heavy atom. The molecular formula is C41H47N3S+2. The highest BCUT2D eigenvalue weighted by atomic mass is 32.2. The lowest BCUT2D eigenvalue weighted by Gasteiger charge is -2.32. The summed E-state index contributed by atoms with van der Waals surface area (Å²) in [4.78, 5) is 5.27. The van der Waals surface area contributed by atoms with Crippen LogP contribution >= 0.6 is 11.8 Å². The minimum absolute atomic E-state index is 0.909. The van der Waals surface area contributed by atoms with Gasteiger partial charge in [0.15, 0.2) is 29.3 Å². The van der Waals surface area contributed by atoms with Gasteiger partial charge in [0, 0.05) is 80.3 Å². The van der Waals surface area contributed by atoms with Crippen molar-refractivity contribution in [3.05, 3.63) is 131 Å². The number of hydrogen-bond acceptors (Lipinski definition) is 2. The molecule has 4 heteroatoms. The number of rotatable bonds is 12. The largest absolute Gasteiger partial charge is 0.340 e. The first-order valence-corrected chi connectivity index (χ1v) is 17.5. The van der Waals surface area contributed by atoms with Crippen molar-refractivity contribution < 1.29 is 9.13 Å². The number of para-hydroxylation sites is 2. The predicted molar refractivity (Wildman–Crippen MR) is 188 cm³/mol. The lowest BCUT2D eigenvalue weighted by molar-refractivity contribution is -0.708. The minimum atomic E-state index is 0.909. The number of unbranched alkanes of at least 4 members (excludes halogenated alkanes) is 5. The summed E-state index contributed by atoms with van der Waals surface area (Å²) in [6.45, 7) is 12.1. The van der Waals surface area contributed by atoms with Gasteiger partial charge >= 0.3 is 0 Å². The van der Waals surface area contributed by atoms with E-state index >= 15 is 0 Å². The summed E-state index contributed by atoms with van der Waals surface area (Å²) in [5.74, 6) is 0. The van der Waals surface area contributed by atoms with E-state index in [9.17, 15) is 0 Å². The molecule has 3 aromatic carbocycles. The van der Waals surface area contributed by atoms with Gasteiger partial charge in [-0.2, -0.15) is 4.57 Å². The quantitative estimate of drug-likeness (QED) is 0.102. The summed E-state index contributed by atoms with van der Waals surface area (Å²) in [6, 6.07) is 37.9. The van der Waals surface area contributed by atoms with Gasteiger partial charge in [-0.1, -0.05) is 85.6 Å². The normalized spacial score (nSPS) is 12.2. The molecule has 3 heterocycles. The zero-order chi connectivity index (χ0) is 31.2. The Hall–Kier alpha value is -3.89. The average molecular weight is 614 g/mol. The molecule has 230 valence electrons. The van der Waals surface area contributed by atoms with Crippen LogP contribution in [0.25, 0.3) is 11.1 Å². The molecule has 0 radical (unpaired) electrons. The SMILES string of the molecule is Cc1cc(-c2cc(C)[n+](Cc3ccccc3)c(C)c2)cc(C)[n+]1CCCCCCCCN1c2ccccc2Sc2ccccc21. The molecule has 0 fully saturated rings. The number of nitrogens with zero attached hydrogens (tertiary/aromatic N) is 3. The second kappa shape index (κ2) is 14.5. The Balaban J connectivity index is 0.983. The molecule has 0 spiro atoms. The Morgan fingerprint density at radius 1 is 0.511 bits per heavy atom. The third-order valence-corrected chi connectivity index (χ3v) is 10.4. The van der Waals surface area contributed by atoms with Crippen LogP contribution in [-0.2, 0) is 13.1 Å². The van der Waals surface area contributed by atoms with Crippen LogP contribution in [0.15, 0.2) is 113 Å². The number of pyridine rings is 2. The molecule has 45 heavy (non-hydrogen) atoms. The smallest absolute Gasteiger partial charge is 0.179 e. The molecule has 0 N–H and O–H groups in total. The lowest BCUT2D eigenvalue weighted by Crippen LogP contribution is -2.41. The molecule has 0 saturated carbocycles. The maximum absolute atomic E-state index is 2.54. The van der Waals surface area contributed by atoms with Crippen molar-refractivity contribution >= 4 is 23.1 Å². The minimum Gasteiger partial charge on any atom is -0.340 e. The van der Waals surface area contributed by atoms with E-state index in [-0.39, 0.29) is 0 Å². The Labute approximate surface area is 274 Å². The first-order valence-electron chi connectivity index (χ1n) is 16.7. The number of hydrogen-bond donors (Lipinski definition) is 0. The van der Waals surface area contributed by atoms with Crippen molar-refractivity contribution in [2.24, 2.45) is 0 Å². The second-order valence-corrected chi connectivity index (χ2v) is 13.7. The van der Waals surface area contributed by atoms with Gasteiger partial charge in [-0.3, -0.25) is 0 Å². The van der Waals surface area contributed by atoms with E-state index in [4.69, 9.17) is 0 Å². The fraction of sp³-hybridized carbons (Fsp3) is 0.317. The highest BCUT2D eigenvalue weighted by Crippen LogP contribution is 2.47. The van der Waals surface area contributed by atoms with Crippen molar-refractivity contribution in [1.29, 1.82) is 0 Å². The maximum atomic E-state index is 2.54. The second-order valence-electron chi connectivity index (χ2n) is 12.6. The Morgan fingerprint density at radius 2 is 0.978 bits per heavy atom. The van der Waals surface area contributed by atoms with Crippen LogP contribution in [0.5, 0.6) is 0 Å². The van der Waals surface area contributed by atoms with Gasteiger partial charge in [0.05, 0.1) is 11.4 Å². The zero-order valence-corrected chi connectivity index (χ0v) is 28.2. The topological polar surface area (TPSA) is 11.0 Å². The van der Waals surface area contributed by atoms with E-state index in [1.54, 1.807) is 0 Å². The highest BCUT2D eigenvalue weighted by Gasteiger charge is 2.22. The van der Waals surface area contributed by atoms with Crippen LogP contribution in [0.3, 0.4) is 0 Å². The van der Waals surface area contributed by atoms with Crippen molar-refractivity contribution in [3.63, 3.8) is 0 Å². The van der Waals surface area contributed by atoms with Gasteiger partial charge in [0.25, 0.3) is 0 Å². The van der Waals surface area contributed by atoms with E-state index in [0.29, 0.717) is 0 Å². The standard InChI is InChI=1S/C41H47N3S/c1-31-26-36(37-28-33(3)44(34(4)29-37)30-35-18-10-9-11-19-35)27-32(2)42(31)24-16-7-5-6-8-17-25-43-38-20-12-14-22-40(38)45-41-23-15-13-21-39(41)43/h9-15,18-23,26-29H,5-8,16-17,24-25,30H2,1-4H3/q+2. The number of anilines is 2. The number of aryl methyl sites for hydroxylation is 4. The lowest BCUT2D eigenvalue weighted by atomic mass is 10.0. The number of fused-ring (bicyclic) bond motifs is 2. The van der Waals surface area contributed by atoms with Gasteiger partial charge < -0.3 is 4.90 Å². The molecule has 0 atom stereocenters. The maximum Gasteiger partial charge on any atom is 0.179 e. The van der Waals surface area contributed by atoms with Gasteiger partial charge in [-0.05, 0) is 48.2 Å². The van der Waals surface area contributed by atoms with Crippen LogP contribution in [-0.4, -0.2) is 6.54 Å². The van der Waals surface area contributed by atoms with Crippen molar-refractivity contribution in [3.8, 4) is 11.1 Å². The molecule has 0 amide bonds. The molecule has 1 aliphatic heterocycles. The summed E-state index contributed by atoms with van der Waals surface area (Å²) in [7, 11) is 0. The van der Waals surface area contributed by atoms with E-state index in [2.05, 4.69) is 145 Å². The number of aromatic nitrogens is 2. The third-order valence-electron chi connectivity index (χ3n) is 9.22. The van der Waals surface area contributed by atoms with E-state index in [1.165, 1.54) is 99.2 Å². The summed E-state index contributed by atoms with van der Waals surface area (Å²) in [6.07, 6.45) is 7.66. The van der Waals surface area contributed by atoms with E-state index < -0.39 is 0 Å². The average Bonchev–Trinajstić information content (AvgIpc) is 3.04. The highest BCUT2D eigenvalue weighted by molar-refractivity contribution is 7.99. The molecule has 5 aromatic rings. The molecule has 0 saturated heterocycles. The van der Waals surface area contributed by atoms with Crippen LogP contribution in [0, 0.1) is 27.7 Å². The molecule has 0 bridgehead atoms. The Bertz CT molecular complexity index is 1670. The van der Waals surface area contributed by atoms with E-state index in [0.717, 1.165) is 19.6 Å². The molecule has 0 aliphatic carbocycles. The van der Waals surface area contributed by atoms with Crippen LogP contribution < -0.4 is 14.0 Å². The van der Waals surface area contributed by atoms with Crippen molar-refractivity contribution in [1.82, 2.24) is 0 Å².